The van der Waals surface area contributed by atoms with E-state index in [-0.39, 0.29) is 36.5 Å². The zero-order valence-electron chi connectivity index (χ0n) is 30.3. The highest BCUT2D eigenvalue weighted by Crippen LogP contribution is 2.39. The summed E-state index contributed by atoms with van der Waals surface area (Å²) in [6.07, 6.45) is 1.96. The highest BCUT2D eigenvalue weighted by Gasteiger charge is 2.46. The highest BCUT2D eigenvalue weighted by molar-refractivity contribution is 5.92. The van der Waals surface area contributed by atoms with E-state index in [2.05, 4.69) is 10.6 Å². The molecule has 13 nitrogen and oxygen atoms in total. The fourth-order valence-corrected chi connectivity index (χ4v) is 6.79. The van der Waals surface area contributed by atoms with E-state index in [0.29, 0.717) is 19.4 Å². The van der Waals surface area contributed by atoms with Crippen molar-refractivity contribution in [3.8, 4) is 0 Å². The number of aliphatic carboxylic acids is 1. The maximum Gasteiger partial charge on any atom is 0.326 e. The van der Waals surface area contributed by atoms with Crippen LogP contribution in [0.3, 0.4) is 0 Å². The van der Waals surface area contributed by atoms with Gasteiger partial charge in [-0.15, -0.1) is 0 Å². The van der Waals surface area contributed by atoms with Crippen LogP contribution in [0.2, 0.25) is 0 Å². The summed E-state index contributed by atoms with van der Waals surface area (Å²) in [5, 5.41) is 15.3. The molecule has 1 aromatic rings. The summed E-state index contributed by atoms with van der Waals surface area (Å²) in [5.41, 5.74) is 5.62. The molecule has 5 N–H and O–H groups in total. The van der Waals surface area contributed by atoms with Gasteiger partial charge in [-0.1, -0.05) is 51.1 Å². The third-order valence-corrected chi connectivity index (χ3v) is 9.84. The molecule has 0 aromatic heterocycles. The number of hydrogen-bond donors (Lipinski definition) is 4. The minimum Gasteiger partial charge on any atom is -0.480 e. The van der Waals surface area contributed by atoms with E-state index < -0.39 is 65.6 Å². The summed E-state index contributed by atoms with van der Waals surface area (Å²) in [4.78, 5) is 69.3. The minimum absolute atomic E-state index is 0.00942. The predicted molar refractivity (Wildman–Crippen MR) is 184 cm³/mol. The van der Waals surface area contributed by atoms with E-state index in [1.54, 1.807) is 37.6 Å². The van der Waals surface area contributed by atoms with Crippen LogP contribution in [0.4, 0.5) is 0 Å². The lowest BCUT2D eigenvalue weighted by atomic mass is 9.93. The Morgan fingerprint density at radius 3 is 2.16 bits per heavy atom. The Kier molecular flexibility index (Phi) is 14.2. The number of carbonyl (C=O) groups excluding carboxylic acids is 4. The third-order valence-electron chi connectivity index (χ3n) is 9.84. The number of carboxylic acids is 1. The van der Waals surface area contributed by atoms with Crippen LogP contribution >= 0.6 is 0 Å². The van der Waals surface area contributed by atoms with E-state index in [1.165, 1.54) is 14.2 Å². The van der Waals surface area contributed by atoms with Gasteiger partial charge in [0.2, 0.25) is 23.6 Å². The van der Waals surface area contributed by atoms with Gasteiger partial charge in [0, 0.05) is 34.2 Å². The second-order valence-electron chi connectivity index (χ2n) is 14.5. The van der Waals surface area contributed by atoms with Crippen LogP contribution in [-0.2, 0) is 39.9 Å². The summed E-state index contributed by atoms with van der Waals surface area (Å²) in [6.45, 7) is 9.03. The maximum absolute atomic E-state index is 14.0. The van der Waals surface area contributed by atoms with Crippen molar-refractivity contribution in [2.45, 2.75) is 115 Å². The number of likely N-dealkylation sites (tertiary alicyclic amines) is 1. The normalized spacial score (nSPS) is 20.1. The predicted octanol–water partition coefficient (Wildman–Crippen LogP) is 1.96. The Bertz CT molecular complexity index is 1300. The van der Waals surface area contributed by atoms with Crippen LogP contribution in [0.25, 0.3) is 0 Å². The lowest BCUT2D eigenvalue weighted by Crippen LogP contribution is -2.60. The van der Waals surface area contributed by atoms with Gasteiger partial charge in [0.1, 0.15) is 12.1 Å². The molecule has 1 saturated carbocycles. The smallest absolute Gasteiger partial charge is 0.326 e. The van der Waals surface area contributed by atoms with Crippen molar-refractivity contribution in [1.82, 2.24) is 20.4 Å². The fraction of sp³-hybridized carbons (Fsp3) is 0.694. The van der Waals surface area contributed by atoms with Crippen molar-refractivity contribution in [3.05, 3.63) is 35.9 Å². The van der Waals surface area contributed by atoms with Crippen molar-refractivity contribution in [3.63, 3.8) is 0 Å². The largest absolute Gasteiger partial charge is 0.480 e. The van der Waals surface area contributed by atoms with Crippen LogP contribution in [0.15, 0.2) is 30.3 Å². The number of methoxy groups -OCH3 is 2. The summed E-state index contributed by atoms with van der Waals surface area (Å²) >= 11 is 0. The van der Waals surface area contributed by atoms with Gasteiger partial charge in [0.05, 0.1) is 42.2 Å². The molecule has 1 aliphatic heterocycles. The van der Waals surface area contributed by atoms with Gasteiger partial charge < -0.3 is 40.7 Å². The Hall–Kier alpha value is -3.55. The van der Waals surface area contributed by atoms with Crippen LogP contribution in [0, 0.1) is 17.8 Å². The van der Waals surface area contributed by atoms with Crippen LogP contribution in [0.1, 0.15) is 72.3 Å². The minimum atomic E-state index is -1.16. The van der Waals surface area contributed by atoms with Crippen LogP contribution in [-0.4, -0.2) is 114 Å². The number of rotatable bonds is 18. The van der Waals surface area contributed by atoms with Gasteiger partial charge in [0.15, 0.2) is 0 Å². The Labute approximate surface area is 290 Å². The van der Waals surface area contributed by atoms with Gasteiger partial charge in [-0.2, -0.15) is 0 Å². The van der Waals surface area contributed by atoms with Crippen molar-refractivity contribution in [2.24, 2.45) is 23.5 Å². The number of benzene rings is 1. The molecule has 274 valence electrons. The third kappa shape index (κ3) is 10.5. The lowest BCUT2D eigenvalue weighted by molar-refractivity contribution is -0.147. The first-order valence-corrected chi connectivity index (χ1v) is 17.3. The number of hydrogen-bond acceptors (Lipinski definition) is 8. The number of likely N-dealkylation sites (N-methyl/N-ethyl adjacent to an activating group) is 1. The van der Waals surface area contributed by atoms with Crippen LogP contribution in [0.5, 0.6) is 0 Å². The molecule has 0 radical (unpaired) electrons. The van der Waals surface area contributed by atoms with Gasteiger partial charge in [0.25, 0.3) is 0 Å². The van der Waals surface area contributed by atoms with E-state index in [1.807, 2.05) is 44.2 Å². The van der Waals surface area contributed by atoms with Crippen LogP contribution < -0.4 is 16.4 Å². The number of nitrogens with two attached hydrogens (primary N) is 1. The van der Waals surface area contributed by atoms with Crippen molar-refractivity contribution < 1.29 is 38.6 Å². The second kappa shape index (κ2) is 17.4. The molecule has 1 aromatic carbocycles. The summed E-state index contributed by atoms with van der Waals surface area (Å²) in [5.74, 6) is -3.30. The molecule has 1 heterocycles. The second-order valence-corrected chi connectivity index (χ2v) is 14.5. The molecular formula is C36H57N5O8. The number of carbonyl (C=O) groups is 5. The molecule has 49 heavy (non-hydrogen) atoms. The van der Waals surface area contributed by atoms with E-state index in [4.69, 9.17) is 15.2 Å². The van der Waals surface area contributed by atoms with E-state index in [9.17, 15) is 29.1 Å². The molecule has 3 rings (SSSR count). The summed E-state index contributed by atoms with van der Waals surface area (Å²) in [7, 11) is 4.72. The standard InChI is InChI=1S/C36H57N5O8/c1-21(2)29(39-35(47)36(4,5)37)33(44)40(6)30(24-16-17-24)27(48-7)20-28(42)41-18-12-15-26(41)31(49-8)22(3)32(43)38-25(34(45)46)19-23-13-10-9-11-14-23/h9-11,13-14,21-22,24-27,29-31H,12,15-20,37H2,1-8H3,(H,38,43)(H,39,47)(H,45,46)/t22-,25+,26+,27-,29+,30+,31-/m1/s1. The van der Waals surface area contributed by atoms with Gasteiger partial charge in [-0.3, -0.25) is 19.2 Å². The van der Waals surface area contributed by atoms with Gasteiger partial charge in [-0.25, -0.2) is 4.79 Å². The van der Waals surface area contributed by atoms with E-state index >= 15 is 0 Å². The van der Waals surface area contributed by atoms with E-state index in [0.717, 1.165) is 18.4 Å². The monoisotopic (exact) mass is 687 g/mol. The number of nitrogens with zero attached hydrogens (tertiary/aromatic N) is 2. The molecule has 0 unspecified atom stereocenters. The van der Waals surface area contributed by atoms with Crippen molar-refractivity contribution in [1.29, 1.82) is 0 Å². The van der Waals surface area contributed by atoms with Gasteiger partial charge in [-0.05, 0) is 56.9 Å². The maximum atomic E-state index is 14.0. The first kappa shape index (κ1) is 39.9. The average Bonchev–Trinajstić information content (AvgIpc) is 3.77. The molecule has 0 spiro atoms. The molecule has 7 atom stereocenters. The summed E-state index contributed by atoms with van der Waals surface area (Å²) < 4.78 is 11.7. The molecule has 1 saturated heterocycles. The first-order valence-electron chi connectivity index (χ1n) is 17.3. The zero-order chi connectivity index (χ0) is 36.6. The molecule has 13 heteroatoms. The summed E-state index contributed by atoms with van der Waals surface area (Å²) in [6, 6.07) is 6.35. The molecule has 0 bridgehead atoms. The fourth-order valence-electron chi connectivity index (χ4n) is 6.79. The SMILES string of the molecule is CO[C@H]([C@@H](C)C(=O)N[C@@H](Cc1ccccc1)C(=O)O)[C@@H]1CCCN1C(=O)C[C@@H](OC)[C@H](C1CC1)N(C)C(=O)[C@@H](NC(=O)C(C)(C)N)C(C)C. The molecule has 1 aliphatic carbocycles. The molecule has 4 amide bonds. The van der Waals surface area contributed by atoms with Crippen molar-refractivity contribution in [2.75, 3.05) is 27.8 Å². The Morgan fingerprint density at radius 2 is 1.65 bits per heavy atom. The quantitative estimate of drug-likeness (QED) is 0.179. The Morgan fingerprint density at radius 1 is 1.02 bits per heavy atom. The van der Waals surface area contributed by atoms with Crippen molar-refractivity contribution >= 4 is 29.6 Å². The molecule has 2 aliphatic rings. The first-order chi connectivity index (χ1) is 23.0. The van der Waals surface area contributed by atoms with Gasteiger partial charge >= 0.3 is 5.97 Å². The average molecular weight is 688 g/mol. The molecule has 2 fully saturated rings. The number of amides is 4. The zero-order valence-corrected chi connectivity index (χ0v) is 30.3. The molecular weight excluding hydrogens is 630 g/mol. The topological polar surface area (TPSA) is 181 Å². The Balaban J connectivity index is 1.73. The number of nitrogens with one attached hydrogen (secondary N) is 2. The number of carboxylic acid groups (broad SMARTS) is 1. The lowest BCUT2D eigenvalue weighted by Gasteiger charge is -2.39. The highest BCUT2D eigenvalue weighted by atomic mass is 16.5. The number of ether oxygens (including phenoxy) is 2.